The molecule has 3 rings (SSSR count). The third-order valence-electron chi connectivity index (χ3n) is 4.58. The molecular formula is C18H19Cl2N3OS2. The van der Waals surface area contributed by atoms with Gasteiger partial charge in [0.15, 0.2) is 4.34 Å². The summed E-state index contributed by atoms with van der Waals surface area (Å²) in [5.74, 6) is 0.621. The lowest BCUT2D eigenvalue weighted by molar-refractivity contribution is -0.118. The summed E-state index contributed by atoms with van der Waals surface area (Å²) in [5.41, 5.74) is 2.32. The van der Waals surface area contributed by atoms with Gasteiger partial charge in [-0.1, -0.05) is 90.0 Å². The fourth-order valence-corrected chi connectivity index (χ4v) is 5.04. The average Bonchev–Trinajstić information content (AvgIpc) is 2.90. The maximum atomic E-state index is 12.5. The second-order valence-corrected chi connectivity index (χ2v) is 10.1. The van der Waals surface area contributed by atoms with Gasteiger partial charge in [0.05, 0.1) is 5.92 Å². The lowest BCUT2D eigenvalue weighted by atomic mass is 10.1. The first kappa shape index (κ1) is 19.7. The molecule has 2 unspecified atom stereocenters. The maximum Gasteiger partial charge on any atom is 0.230 e. The van der Waals surface area contributed by atoms with Crippen molar-refractivity contribution in [2.75, 3.05) is 5.32 Å². The molecule has 1 N–H and O–H groups in total. The van der Waals surface area contributed by atoms with Crippen LogP contribution in [0.5, 0.6) is 0 Å². The predicted molar refractivity (Wildman–Crippen MR) is 110 cm³/mol. The molecular weight excluding hydrogens is 409 g/mol. The molecule has 1 amide bonds. The number of anilines is 1. The van der Waals surface area contributed by atoms with E-state index in [9.17, 15) is 4.79 Å². The molecule has 1 aliphatic carbocycles. The fourth-order valence-electron chi connectivity index (χ4n) is 3.07. The number of amides is 1. The molecule has 1 aromatic heterocycles. The van der Waals surface area contributed by atoms with Crippen LogP contribution in [0.15, 0.2) is 39.2 Å². The van der Waals surface area contributed by atoms with Crippen molar-refractivity contribution in [2.45, 2.75) is 30.9 Å². The Balaban J connectivity index is 1.57. The highest BCUT2D eigenvalue weighted by molar-refractivity contribution is 8.00. The largest absolute Gasteiger partial charge is 0.300 e. The van der Waals surface area contributed by atoms with Crippen molar-refractivity contribution in [3.05, 3.63) is 46.0 Å². The normalized spacial score (nSPS) is 20.5. The highest BCUT2D eigenvalue weighted by Gasteiger charge is 2.60. The quantitative estimate of drug-likeness (QED) is 0.476. The van der Waals surface area contributed by atoms with Crippen LogP contribution >= 0.6 is 46.3 Å². The van der Waals surface area contributed by atoms with Crippen LogP contribution in [0.4, 0.5) is 5.13 Å². The SMILES string of the molecule is Cc1cccc(CSc2nnc(NC(=O)C3C(C=C(Cl)Cl)C3(C)C)s2)c1. The summed E-state index contributed by atoms with van der Waals surface area (Å²) in [6.45, 7) is 6.13. The molecule has 4 nitrogen and oxygen atoms in total. The van der Waals surface area contributed by atoms with Crippen molar-refractivity contribution >= 4 is 57.3 Å². The molecule has 0 radical (unpaired) electrons. The minimum atomic E-state index is -0.165. The zero-order chi connectivity index (χ0) is 18.9. The zero-order valence-electron chi connectivity index (χ0n) is 14.6. The van der Waals surface area contributed by atoms with Gasteiger partial charge in [-0.25, -0.2) is 0 Å². The Labute approximate surface area is 171 Å². The van der Waals surface area contributed by atoms with Gasteiger partial charge >= 0.3 is 0 Å². The van der Waals surface area contributed by atoms with Gasteiger partial charge in [-0.05, 0) is 29.9 Å². The molecule has 1 saturated carbocycles. The number of carbonyl (C=O) groups excluding carboxylic acids is 1. The molecule has 1 heterocycles. The molecule has 8 heteroatoms. The monoisotopic (exact) mass is 427 g/mol. The summed E-state index contributed by atoms with van der Waals surface area (Å²) in [6.07, 6.45) is 1.73. The fraction of sp³-hybridized carbons (Fsp3) is 0.389. The minimum absolute atomic E-state index is 0.0376. The summed E-state index contributed by atoms with van der Waals surface area (Å²) in [6, 6.07) is 8.37. The lowest BCUT2D eigenvalue weighted by Gasteiger charge is -2.02. The van der Waals surface area contributed by atoms with Gasteiger partial charge in [0.25, 0.3) is 0 Å². The Bertz CT molecular complexity index is 846. The first-order valence-electron chi connectivity index (χ1n) is 8.13. The van der Waals surface area contributed by atoms with E-state index in [4.69, 9.17) is 23.2 Å². The molecule has 138 valence electrons. The number of benzene rings is 1. The molecule has 1 fully saturated rings. The summed E-state index contributed by atoms with van der Waals surface area (Å²) in [4.78, 5) is 12.5. The van der Waals surface area contributed by atoms with Gasteiger partial charge in [-0.15, -0.1) is 10.2 Å². The Hall–Kier alpha value is -1.08. The molecule has 0 saturated heterocycles. The minimum Gasteiger partial charge on any atom is -0.300 e. The van der Waals surface area contributed by atoms with Gasteiger partial charge in [0.2, 0.25) is 11.0 Å². The lowest BCUT2D eigenvalue weighted by Crippen LogP contribution is -2.16. The zero-order valence-corrected chi connectivity index (χ0v) is 17.8. The van der Waals surface area contributed by atoms with E-state index in [2.05, 4.69) is 40.6 Å². The number of hydrogen-bond acceptors (Lipinski definition) is 5. The van der Waals surface area contributed by atoms with Crippen molar-refractivity contribution in [3.8, 4) is 0 Å². The van der Waals surface area contributed by atoms with E-state index in [-0.39, 0.29) is 27.6 Å². The van der Waals surface area contributed by atoms with Crippen molar-refractivity contribution in [1.29, 1.82) is 0 Å². The van der Waals surface area contributed by atoms with Crippen molar-refractivity contribution in [3.63, 3.8) is 0 Å². The second-order valence-electron chi connectivity index (χ2n) is 6.92. The number of nitrogens with one attached hydrogen (secondary N) is 1. The van der Waals surface area contributed by atoms with Crippen molar-refractivity contribution in [2.24, 2.45) is 17.3 Å². The van der Waals surface area contributed by atoms with Gasteiger partial charge in [0.1, 0.15) is 4.49 Å². The van der Waals surface area contributed by atoms with E-state index in [1.165, 1.54) is 22.5 Å². The number of halogens is 2. The van der Waals surface area contributed by atoms with Crippen LogP contribution in [0.25, 0.3) is 0 Å². The smallest absolute Gasteiger partial charge is 0.230 e. The molecule has 26 heavy (non-hydrogen) atoms. The average molecular weight is 428 g/mol. The summed E-state index contributed by atoms with van der Waals surface area (Å²) in [5, 5.41) is 11.6. The van der Waals surface area contributed by atoms with Crippen LogP contribution in [0, 0.1) is 24.2 Å². The molecule has 1 aromatic carbocycles. The van der Waals surface area contributed by atoms with Crippen LogP contribution in [-0.4, -0.2) is 16.1 Å². The van der Waals surface area contributed by atoms with Crippen LogP contribution in [0.3, 0.4) is 0 Å². The van der Waals surface area contributed by atoms with Gasteiger partial charge < -0.3 is 5.32 Å². The Morgan fingerprint density at radius 2 is 2.15 bits per heavy atom. The van der Waals surface area contributed by atoms with E-state index in [1.807, 2.05) is 19.9 Å². The number of aromatic nitrogens is 2. The summed E-state index contributed by atoms with van der Waals surface area (Å²) >= 11 is 14.5. The predicted octanol–water partition coefficient (Wildman–Crippen LogP) is 5.67. The number of carbonyl (C=O) groups is 1. The van der Waals surface area contributed by atoms with Crippen molar-refractivity contribution in [1.82, 2.24) is 10.2 Å². The van der Waals surface area contributed by atoms with Gasteiger partial charge in [-0.2, -0.15) is 0 Å². The van der Waals surface area contributed by atoms with Crippen LogP contribution in [-0.2, 0) is 10.5 Å². The third kappa shape index (κ3) is 4.60. The van der Waals surface area contributed by atoms with E-state index in [0.29, 0.717) is 5.13 Å². The highest BCUT2D eigenvalue weighted by Crippen LogP contribution is 2.60. The Morgan fingerprint density at radius 3 is 2.85 bits per heavy atom. The molecule has 2 atom stereocenters. The van der Waals surface area contributed by atoms with Crippen LogP contribution in [0.1, 0.15) is 25.0 Å². The molecule has 0 bridgehead atoms. The number of rotatable bonds is 6. The van der Waals surface area contributed by atoms with E-state index in [1.54, 1.807) is 17.8 Å². The van der Waals surface area contributed by atoms with E-state index in [0.717, 1.165) is 10.1 Å². The maximum absolute atomic E-state index is 12.5. The number of hydrogen-bond donors (Lipinski definition) is 1. The second kappa shape index (κ2) is 7.89. The first-order chi connectivity index (χ1) is 12.3. The summed E-state index contributed by atoms with van der Waals surface area (Å²) in [7, 11) is 0. The van der Waals surface area contributed by atoms with Crippen LogP contribution in [0.2, 0.25) is 0 Å². The van der Waals surface area contributed by atoms with Gasteiger partial charge in [-0.3, -0.25) is 4.79 Å². The Kier molecular flexibility index (Phi) is 5.97. The molecule has 1 aliphatic rings. The van der Waals surface area contributed by atoms with E-state index >= 15 is 0 Å². The third-order valence-corrected chi connectivity index (χ3v) is 6.88. The topological polar surface area (TPSA) is 54.9 Å². The standard InChI is InChI=1S/C18H19Cl2N3OS2/c1-10-5-4-6-11(7-10)9-25-17-23-22-16(26-17)21-15(24)14-12(8-13(19)20)18(14,2)3/h4-8,12,14H,9H2,1-3H3,(H,21,22,24). The summed E-state index contributed by atoms with van der Waals surface area (Å²) < 4.78 is 1.03. The van der Waals surface area contributed by atoms with Crippen LogP contribution < -0.4 is 5.32 Å². The molecule has 0 spiro atoms. The molecule has 0 aliphatic heterocycles. The van der Waals surface area contributed by atoms with E-state index < -0.39 is 0 Å². The number of allylic oxidation sites excluding steroid dienone is 1. The number of thioether (sulfide) groups is 1. The number of aryl methyl sites for hydroxylation is 1. The highest BCUT2D eigenvalue weighted by atomic mass is 35.5. The number of nitrogens with zero attached hydrogens (tertiary/aromatic N) is 2. The van der Waals surface area contributed by atoms with Gasteiger partial charge in [0, 0.05) is 5.75 Å². The molecule has 2 aromatic rings. The van der Waals surface area contributed by atoms with Crippen molar-refractivity contribution < 1.29 is 4.79 Å². The first-order valence-corrected chi connectivity index (χ1v) is 10.7. The Morgan fingerprint density at radius 1 is 1.38 bits per heavy atom.